The van der Waals surface area contributed by atoms with Crippen molar-refractivity contribution >= 4 is 5.97 Å². The summed E-state index contributed by atoms with van der Waals surface area (Å²) in [6.45, 7) is 3.96. The van der Waals surface area contributed by atoms with Crippen molar-refractivity contribution in [2.24, 2.45) is 0 Å². The molecule has 22 heavy (non-hydrogen) atoms. The second kappa shape index (κ2) is 9.78. The molecular formula is C17H24N2O3. The molecule has 0 aliphatic rings. The average molecular weight is 304 g/mol. The number of aromatic nitrogens is 1. The molecule has 0 amide bonds. The number of esters is 1. The maximum absolute atomic E-state index is 11.2. The highest BCUT2D eigenvalue weighted by atomic mass is 16.5. The summed E-state index contributed by atoms with van der Waals surface area (Å²) >= 11 is 0. The zero-order valence-electron chi connectivity index (χ0n) is 13.4. The second-order valence-corrected chi connectivity index (χ2v) is 5.28. The van der Waals surface area contributed by atoms with Crippen molar-refractivity contribution in [2.45, 2.75) is 58.8 Å². The molecule has 1 N–H and O–H groups in total. The number of carbonyl (C=O) groups is 1. The predicted molar refractivity (Wildman–Crippen MR) is 83.4 cm³/mol. The fourth-order valence-corrected chi connectivity index (χ4v) is 2.28. The molecule has 0 bridgehead atoms. The molecule has 0 aliphatic carbocycles. The summed E-state index contributed by atoms with van der Waals surface area (Å²) in [5.41, 5.74) is 1.64. The lowest BCUT2D eigenvalue weighted by Crippen LogP contribution is -2.03. The molecule has 0 saturated carbocycles. The van der Waals surface area contributed by atoms with Gasteiger partial charge < -0.3 is 9.84 Å². The third-order valence-electron chi connectivity index (χ3n) is 3.46. The van der Waals surface area contributed by atoms with E-state index in [0.717, 1.165) is 44.2 Å². The van der Waals surface area contributed by atoms with E-state index in [-0.39, 0.29) is 17.3 Å². The van der Waals surface area contributed by atoms with Gasteiger partial charge in [-0.2, -0.15) is 5.26 Å². The van der Waals surface area contributed by atoms with Gasteiger partial charge in [-0.25, -0.2) is 0 Å². The summed E-state index contributed by atoms with van der Waals surface area (Å²) in [6, 6.07) is 3.64. The minimum atomic E-state index is -0.115. The van der Waals surface area contributed by atoms with Gasteiger partial charge in [0, 0.05) is 12.1 Å². The molecule has 0 unspecified atom stereocenters. The molecular weight excluding hydrogens is 280 g/mol. The van der Waals surface area contributed by atoms with Gasteiger partial charge in [-0.15, -0.1) is 0 Å². The van der Waals surface area contributed by atoms with Crippen molar-refractivity contribution in [2.75, 3.05) is 6.61 Å². The van der Waals surface area contributed by atoms with Gasteiger partial charge in [-0.3, -0.25) is 9.78 Å². The third kappa shape index (κ3) is 6.13. The number of aromatic hydroxyl groups is 1. The Morgan fingerprint density at radius 1 is 1.32 bits per heavy atom. The Morgan fingerprint density at radius 3 is 2.68 bits per heavy atom. The lowest BCUT2D eigenvalue weighted by Gasteiger charge is -2.06. The highest BCUT2D eigenvalue weighted by Crippen LogP contribution is 2.21. The first-order chi connectivity index (χ1) is 10.6. The van der Waals surface area contributed by atoms with Crippen molar-refractivity contribution in [3.63, 3.8) is 0 Å². The lowest BCUT2D eigenvalue weighted by molar-refractivity contribution is -0.143. The quantitative estimate of drug-likeness (QED) is 0.558. The van der Waals surface area contributed by atoms with Gasteiger partial charge in [0.25, 0.3) is 0 Å². The largest absolute Gasteiger partial charge is 0.505 e. The summed E-state index contributed by atoms with van der Waals surface area (Å²) in [4.78, 5) is 15.5. The average Bonchev–Trinajstić information content (AvgIpc) is 2.49. The van der Waals surface area contributed by atoms with Gasteiger partial charge in [-0.1, -0.05) is 19.3 Å². The number of pyridine rings is 1. The number of rotatable bonds is 9. The Bertz CT molecular complexity index is 535. The van der Waals surface area contributed by atoms with Crippen LogP contribution >= 0.6 is 0 Å². The van der Waals surface area contributed by atoms with Crippen LogP contribution in [-0.4, -0.2) is 22.7 Å². The fourth-order valence-electron chi connectivity index (χ4n) is 2.28. The van der Waals surface area contributed by atoms with Gasteiger partial charge in [0.2, 0.25) is 0 Å². The van der Waals surface area contributed by atoms with E-state index in [9.17, 15) is 9.90 Å². The summed E-state index contributed by atoms with van der Waals surface area (Å²) in [5, 5.41) is 18.6. The Morgan fingerprint density at radius 2 is 2.00 bits per heavy atom. The number of nitrogens with zero attached hydrogens (tertiary/aromatic N) is 2. The van der Waals surface area contributed by atoms with E-state index in [2.05, 4.69) is 4.98 Å². The number of ether oxygens (including phenoxy) is 1. The maximum Gasteiger partial charge on any atom is 0.305 e. The SMILES string of the molecule is CCOC(=O)CCCCCCCc1cc(C#N)c(O)c(C)n1. The van der Waals surface area contributed by atoms with Crippen LogP contribution in [0.4, 0.5) is 0 Å². The third-order valence-corrected chi connectivity index (χ3v) is 3.46. The number of nitriles is 1. The summed E-state index contributed by atoms with van der Waals surface area (Å²) in [6.07, 6.45) is 6.30. The molecule has 1 aromatic rings. The van der Waals surface area contributed by atoms with Crippen molar-refractivity contribution in [1.82, 2.24) is 4.98 Å². The first-order valence-corrected chi connectivity index (χ1v) is 7.83. The summed E-state index contributed by atoms with van der Waals surface area (Å²) in [5.74, 6) is -0.138. The van der Waals surface area contributed by atoms with Crippen LogP contribution in [0.1, 0.15) is 62.4 Å². The topological polar surface area (TPSA) is 83.2 Å². The fraction of sp³-hybridized carbons (Fsp3) is 0.588. The van der Waals surface area contributed by atoms with Gasteiger partial charge in [-0.05, 0) is 39.2 Å². The Labute approximate surface area is 131 Å². The van der Waals surface area contributed by atoms with E-state index in [4.69, 9.17) is 10.00 Å². The number of aryl methyl sites for hydroxylation is 2. The molecule has 120 valence electrons. The number of unbranched alkanes of at least 4 members (excludes halogenated alkanes) is 4. The summed E-state index contributed by atoms with van der Waals surface area (Å²) in [7, 11) is 0. The van der Waals surface area contributed by atoms with Crippen molar-refractivity contribution in [1.29, 1.82) is 5.26 Å². The van der Waals surface area contributed by atoms with Crippen LogP contribution in [0.2, 0.25) is 0 Å². The molecule has 1 aromatic heterocycles. The molecule has 1 heterocycles. The van der Waals surface area contributed by atoms with Crippen LogP contribution in [0.3, 0.4) is 0 Å². The van der Waals surface area contributed by atoms with Gasteiger partial charge >= 0.3 is 5.97 Å². The predicted octanol–water partition coefficient (Wildman–Crippen LogP) is 3.41. The molecule has 0 fully saturated rings. The molecule has 1 rings (SSSR count). The van der Waals surface area contributed by atoms with Crippen LogP contribution in [-0.2, 0) is 16.0 Å². The van der Waals surface area contributed by atoms with E-state index < -0.39 is 0 Å². The first kappa shape index (κ1) is 18.0. The molecule has 5 heteroatoms. The van der Waals surface area contributed by atoms with Gasteiger partial charge in [0.05, 0.1) is 17.9 Å². The zero-order valence-corrected chi connectivity index (χ0v) is 13.4. The standard InChI is InChI=1S/C17H24N2O3/c1-3-22-16(20)10-8-6-4-5-7-9-15-11-14(12-18)17(21)13(2)19-15/h11,21H,3-10H2,1-2H3. The Kier molecular flexibility index (Phi) is 7.98. The van der Waals surface area contributed by atoms with Crippen LogP contribution < -0.4 is 0 Å². The highest BCUT2D eigenvalue weighted by molar-refractivity contribution is 5.69. The highest BCUT2D eigenvalue weighted by Gasteiger charge is 2.08. The number of hydrogen-bond donors (Lipinski definition) is 1. The normalized spacial score (nSPS) is 10.2. The molecule has 0 aliphatic heterocycles. The maximum atomic E-state index is 11.2. The molecule has 0 aromatic carbocycles. The number of carbonyl (C=O) groups excluding carboxylic acids is 1. The van der Waals surface area contributed by atoms with Gasteiger partial charge in [0.15, 0.2) is 5.75 Å². The minimum absolute atomic E-state index is 0.0229. The van der Waals surface area contributed by atoms with Crippen molar-refractivity contribution in [3.05, 3.63) is 23.0 Å². The smallest absolute Gasteiger partial charge is 0.305 e. The van der Waals surface area contributed by atoms with E-state index in [0.29, 0.717) is 18.7 Å². The van der Waals surface area contributed by atoms with E-state index in [1.54, 1.807) is 13.0 Å². The van der Waals surface area contributed by atoms with Crippen LogP contribution in [0.15, 0.2) is 6.07 Å². The Hall–Kier alpha value is -2.09. The monoisotopic (exact) mass is 304 g/mol. The van der Waals surface area contributed by atoms with E-state index in [1.165, 1.54) is 0 Å². The van der Waals surface area contributed by atoms with Crippen LogP contribution in [0.25, 0.3) is 0 Å². The zero-order chi connectivity index (χ0) is 16.4. The molecule has 0 atom stereocenters. The molecule has 0 radical (unpaired) electrons. The minimum Gasteiger partial charge on any atom is -0.505 e. The van der Waals surface area contributed by atoms with E-state index in [1.807, 2.05) is 13.0 Å². The van der Waals surface area contributed by atoms with Gasteiger partial charge in [0.1, 0.15) is 6.07 Å². The molecule has 5 nitrogen and oxygen atoms in total. The second-order valence-electron chi connectivity index (χ2n) is 5.28. The van der Waals surface area contributed by atoms with Crippen LogP contribution in [0, 0.1) is 18.3 Å². The Balaban J connectivity index is 2.22. The van der Waals surface area contributed by atoms with Crippen molar-refractivity contribution < 1.29 is 14.6 Å². The van der Waals surface area contributed by atoms with E-state index >= 15 is 0 Å². The molecule has 0 spiro atoms. The first-order valence-electron chi connectivity index (χ1n) is 7.83. The molecule has 0 saturated heterocycles. The van der Waals surface area contributed by atoms with Crippen LogP contribution in [0.5, 0.6) is 5.75 Å². The summed E-state index contributed by atoms with van der Waals surface area (Å²) < 4.78 is 4.88. The van der Waals surface area contributed by atoms with Crippen molar-refractivity contribution in [3.8, 4) is 11.8 Å². The number of hydrogen-bond acceptors (Lipinski definition) is 5. The lowest BCUT2D eigenvalue weighted by atomic mass is 10.1.